The summed E-state index contributed by atoms with van der Waals surface area (Å²) in [7, 11) is 0. The summed E-state index contributed by atoms with van der Waals surface area (Å²) in [5.74, 6) is 1.35. The first-order valence-corrected chi connectivity index (χ1v) is 12.3. The Kier molecular flexibility index (Phi) is 7.09. The lowest BCUT2D eigenvalue weighted by Gasteiger charge is -2.29. The molecular weight excluding hydrogens is 470 g/mol. The van der Waals surface area contributed by atoms with Crippen molar-refractivity contribution in [1.82, 2.24) is 10.5 Å². The molecule has 1 saturated heterocycles. The smallest absolute Gasteiger partial charge is 0.177 e. The van der Waals surface area contributed by atoms with Crippen molar-refractivity contribution in [2.75, 3.05) is 6.54 Å². The van der Waals surface area contributed by atoms with Gasteiger partial charge < -0.3 is 30.0 Å². The molecule has 0 saturated carbocycles. The predicted octanol–water partition coefficient (Wildman–Crippen LogP) is 5.56. The van der Waals surface area contributed by atoms with Crippen molar-refractivity contribution >= 4 is 5.71 Å². The van der Waals surface area contributed by atoms with Gasteiger partial charge in [-0.2, -0.15) is 0 Å². The molecule has 2 unspecified atom stereocenters. The van der Waals surface area contributed by atoms with Gasteiger partial charge in [0.2, 0.25) is 0 Å². The molecule has 0 radical (unpaired) electrons. The van der Waals surface area contributed by atoms with Crippen LogP contribution in [0.5, 0.6) is 17.2 Å². The van der Waals surface area contributed by atoms with Gasteiger partial charge in [-0.3, -0.25) is 0 Å². The van der Waals surface area contributed by atoms with E-state index in [9.17, 15) is 15.4 Å². The average Bonchev–Trinajstić information content (AvgIpc) is 3.36. The quantitative estimate of drug-likeness (QED) is 0.149. The summed E-state index contributed by atoms with van der Waals surface area (Å²) in [5, 5.41) is 41.1. The van der Waals surface area contributed by atoms with Crippen molar-refractivity contribution in [2.45, 2.75) is 38.3 Å². The lowest BCUT2D eigenvalue weighted by atomic mass is 9.94. The van der Waals surface area contributed by atoms with Crippen LogP contribution in [0.2, 0.25) is 0 Å². The van der Waals surface area contributed by atoms with Gasteiger partial charge in [0, 0.05) is 22.7 Å². The zero-order valence-electron chi connectivity index (χ0n) is 20.5. The molecule has 1 fully saturated rings. The third-order valence-electron chi connectivity index (χ3n) is 6.66. The van der Waals surface area contributed by atoms with Crippen molar-refractivity contribution in [3.63, 3.8) is 0 Å². The SMILES string of the molecule is CC(Oc1ccc(C(=NO)c2c(-c3ccc(O)cc3)noc2-c2ccc(O)cc2)cc1)C1CCCCN1. The second-order valence-corrected chi connectivity index (χ2v) is 9.18. The van der Waals surface area contributed by atoms with Gasteiger partial charge in [-0.05, 0) is 99.1 Å². The Hall–Kier alpha value is -4.30. The minimum absolute atomic E-state index is 0.0254. The number of phenolic OH excluding ortho intramolecular Hbond substituents is 2. The summed E-state index contributed by atoms with van der Waals surface area (Å²) in [6.07, 6.45) is 3.51. The summed E-state index contributed by atoms with van der Waals surface area (Å²) >= 11 is 0. The fourth-order valence-electron chi connectivity index (χ4n) is 4.66. The van der Waals surface area contributed by atoms with Crippen LogP contribution in [-0.4, -0.2) is 45.0 Å². The van der Waals surface area contributed by atoms with Crippen molar-refractivity contribution in [3.8, 4) is 39.8 Å². The van der Waals surface area contributed by atoms with Crippen molar-refractivity contribution < 1.29 is 24.7 Å². The normalized spacial score (nSPS) is 16.9. The molecule has 4 aromatic rings. The Labute approximate surface area is 214 Å². The van der Waals surface area contributed by atoms with E-state index in [1.54, 1.807) is 48.5 Å². The van der Waals surface area contributed by atoms with E-state index in [2.05, 4.69) is 22.6 Å². The van der Waals surface area contributed by atoms with Crippen LogP contribution in [0.4, 0.5) is 0 Å². The first-order valence-electron chi connectivity index (χ1n) is 12.3. The van der Waals surface area contributed by atoms with E-state index in [-0.39, 0.29) is 23.3 Å². The van der Waals surface area contributed by atoms with Gasteiger partial charge in [0.1, 0.15) is 34.8 Å². The molecule has 2 atom stereocenters. The van der Waals surface area contributed by atoms with E-state index in [4.69, 9.17) is 9.26 Å². The van der Waals surface area contributed by atoms with Gasteiger partial charge in [-0.25, -0.2) is 0 Å². The van der Waals surface area contributed by atoms with Crippen LogP contribution < -0.4 is 10.1 Å². The standard InChI is InChI=1S/C29H29N3O5/c1-18(25-4-2-3-17-30-25)36-24-15-9-19(10-16-24)27(31-35)26-28(20-5-11-22(33)12-6-20)32-37-29(26)21-7-13-23(34)14-8-21/h5-16,18,25,30,33-35H,2-4,17H2,1H3. The van der Waals surface area contributed by atoms with Gasteiger partial charge >= 0.3 is 0 Å². The molecule has 1 aliphatic rings. The Morgan fingerprint density at radius 2 is 1.59 bits per heavy atom. The zero-order valence-corrected chi connectivity index (χ0v) is 20.5. The Bertz CT molecular complexity index is 1290. The summed E-state index contributed by atoms with van der Waals surface area (Å²) in [4.78, 5) is 0. The van der Waals surface area contributed by atoms with Crippen molar-refractivity contribution in [2.24, 2.45) is 5.16 Å². The number of hydrogen-bond acceptors (Lipinski definition) is 8. The number of nitrogens with zero attached hydrogens (tertiary/aromatic N) is 2. The van der Waals surface area contributed by atoms with E-state index in [0.717, 1.165) is 18.7 Å². The fraction of sp³-hybridized carbons (Fsp3) is 0.241. The highest BCUT2D eigenvalue weighted by Crippen LogP contribution is 2.36. The topological polar surface area (TPSA) is 120 Å². The number of nitrogens with one attached hydrogen (secondary N) is 1. The molecule has 5 rings (SSSR count). The third kappa shape index (κ3) is 5.29. The number of benzene rings is 3. The number of aromatic nitrogens is 1. The molecule has 8 heteroatoms. The van der Waals surface area contributed by atoms with Crippen molar-refractivity contribution in [3.05, 3.63) is 83.9 Å². The lowest BCUT2D eigenvalue weighted by molar-refractivity contribution is 0.152. The fourth-order valence-corrected chi connectivity index (χ4v) is 4.66. The van der Waals surface area contributed by atoms with Gasteiger partial charge in [0.15, 0.2) is 5.76 Å². The molecule has 190 valence electrons. The molecule has 0 spiro atoms. The minimum atomic E-state index is 0.0254. The van der Waals surface area contributed by atoms with Gasteiger partial charge in [0.25, 0.3) is 0 Å². The van der Waals surface area contributed by atoms with Gasteiger partial charge in [-0.1, -0.05) is 16.7 Å². The van der Waals surface area contributed by atoms with Crippen LogP contribution in [0.15, 0.2) is 82.5 Å². The van der Waals surface area contributed by atoms with E-state index in [1.807, 2.05) is 24.3 Å². The van der Waals surface area contributed by atoms with Gasteiger partial charge in [0.05, 0.1) is 5.56 Å². The van der Waals surface area contributed by atoms with Crippen LogP contribution >= 0.6 is 0 Å². The first kappa shape index (κ1) is 24.4. The summed E-state index contributed by atoms with van der Waals surface area (Å²) in [6, 6.07) is 20.7. The van der Waals surface area contributed by atoms with Gasteiger partial charge in [-0.15, -0.1) is 0 Å². The maximum absolute atomic E-state index is 10.2. The first-order chi connectivity index (χ1) is 18.0. The number of piperidine rings is 1. The highest BCUT2D eigenvalue weighted by Gasteiger charge is 2.26. The molecule has 3 aromatic carbocycles. The molecule has 0 bridgehead atoms. The number of rotatable bonds is 7. The third-order valence-corrected chi connectivity index (χ3v) is 6.66. The van der Waals surface area contributed by atoms with Crippen LogP contribution in [0.25, 0.3) is 22.6 Å². The van der Waals surface area contributed by atoms with Crippen molar-refractivity contribution in [1.29, 1.82) is 0 Å². The molecule has 2 heterocycles. The van der Waals surface area contributed by atoms with E-state index >= 15 is 0 Å². The Balaban J connectivity index is 1.50. The van der Waals surface area contributed by atoms with E-state index in [0.29, 0.717) is 39.7 Å². The lowest BCUT2D eigenvalue weighted by Crippen LogP contribution is -2.44. The summed E-state index contributed by atoms with van der Waals surface area (Å²) in [5.41, 5.74) is 3.17. The molecule has 0 aliphatic carbocycles. The second-order valence-electron chi connectivity index (χ2n) is 9.18. The molecule has 1 aliphatic heterocycles. The zero-order chi connectivity index (χ0) is 25.8. The van der Waals surface area contributed by atoms with Crippen LogP contribution in [-0.2, 0) is 0 Å². The number of hydrogen-bond donors (Lipinski definition) is 4. The molecular formula is C29H29N3O5. The number of phenols is 2. The summed E-state index contributed by atoms with van der Waals surface area (Å²) < 4.78 is 11.9. The molecule has 4 N–H and O–H groups in total. The molecule has 0 amide bonds. The predicted molar refractivity (Wildman–Crippen MR) is 140 cm³/mol. The second kappa shape index (κ2) is 10.8. The maximum Gasteiger partial charge on any atom is 0.177 e. The van der Waals surface area contributed by atoms with E-state index < -0.39 is 0 Å². The van der Waals surface area contributed by atoms with Crippen LogP contribution in [0.1, 0.15) is 37.3 Å². The molecule has 8 nitrogen and oxygen atoms in total. The minimum Gasteiger partial charge on any atom is -0.508 e. The maximum atomic E-state index is 10.2. The van der Waals surface area contributed by atoms with Crippen LogP contribution in [0, 0.1) is 0 Å². The Morgan fingerprint density at radius 1 is 0.946 bits per heavy atom. The highest BCUT2D eigenvalue weighted by molar-refractivity contribution is 6.18. The summed E-state index contributed by atoms with van der Waals surface area (Å²) in [6.45, 7) is 3.08. The monoisotopic (exact) mass is 499 g/mol. The average molecular weight is 500 g/mol. The molecule has 37 heavy (non-hydrogen) atoms. The largest absolute Gasteiger partial charge is 0.508 e. The highest BCUT2D eigenvalue weighted by atomic mass is 16.5. The number of oxime groups is 1. The van der Waals surface area contributed by atoms with Crippen LogP contribution in [0.3, 0.4) is 0 Å². The number of ether oxygens (including phenoxy) is 1. The number of aromatic hydroxyl groups is 2. The molecule has 1 aromatic heterocycles. The Morgan fingerprint density at radius 3 is 2.19 bits per heavy atom. The van der Waals surface area contributed by atoms with E-state index in [1.165, 1.54) is 12.8 Å².